The molecule has 2 heterocycles. The van der Waals surface area contributed by atoms with Gasteiger partial charge in [-0.3, -0.25) is 4.79 Å². The van der Waals surface area contributed by atoms with Gasteiger partial charge in [-0.15, -0.1) is 11.3 Å². The molecule has 140 valence electrons. The molecule has 0 fully saturated rings. The van der Waals surface area contributed by atoms with Crippen LogP contribution in [0.15, 0.2) is 17.2 Å². The third-order valence-corrected chi connectivity index (χ3v) is 6.32. The molecular weight excluding hydrogens is 342 g/mol. The molecule has 1 amide bonds. The molecule has 1 N–H and O–H groups in total. The largest absolute Gasteiger partial charge is 0.348 e. The molecule has 2 aromatic rings. The van der Waals surface area contributed by atoms with Crippen molar-refractivity contribution >= 4 is 23.5 Å². The molecule has 3 rings (SSSR count). The first-order chi connectivity index (χ1) is 12.3. The molecule has 0 saturated carbocycles. The van der Waals surface area contributed by atoms with E-state index in [0.29, 0.717) is 11.8 Å². The van der Waals surface area contributed by atoms with Crippen molar-refractivity contribution in [2.75, 3.05) is 0 Å². The smallest absolute Gasteiger partial charge is 0.281 e. The predicted octanol–water partition coefficient (Wildman–Crippen LogP) is 4.71. The zero-order valence-corrected chi connectivity index (χ0v) is 17.2. The Balaban J connectivity index is 1.66. The number of amides is 1. The first-order valence-corrected chi connectivity index (χ1v) is 10.3. The number of rotatable bonds is 5. The lowest BCUT2D eigenvalue weighted by atomic mass is 9.90. The Kier molecular flexibility index (Phi) is 5.66. The molecule has 0 bridgehead atoms. The van der Waals surface area contributed by atoms with Gasteiger partial charge < -0.3 is 4.57 Å². The van der Waals surface area contributed by atoms with Crippen LogP contribution in [-0.4, -0.2) is 16.7 Å². The van der Waals surface area contributed by atoms with E-state index in [-0.39, 0.29) is 5.91 Å². The van der Waals surface area contributed by atoms with E-state index in [2.05, 4.69) is 61.8 Å². The molecular formula is C21H29N3OS. The number of hydrogen-bond acceptors (Lipinski definition) is 3. The second-order valence-corrected chi connectivity index (χ2v) is 9.07. The van der Waals surface area contributed by atoms with Crippen LogP contribution < -0.4 is 5.43 Å². The normalized spacial score (nSPS) is 17.1. The molecule has 0 spiro atoms. The molecule has 1 aliphatic carbocycles. The summed E-state index contributed by atoms with van der Waals surface area (Å²) in [6, 6.07) is 4.17. The van der Waals surface area contributed by atoms with Gasteiger partial charge >= 0.3 is 0 Å². The number of nitrogens with one attached hydrogen (secondary N) is 1. The van der Waals surface area contributed by atoms with Crippen molar-refractivity contribution in [3.05, 3.63) is 44.4 Å². The van der Waals surface area contributed by atoms with Crippen molar-refractivity contribution in [2.24, 2.45) is 16.9 Å². The van der Waals surface area contributed by atoms with Crippen molar-refractivity contribution in [3.8, 4) is 0 Å². The highest BCUT2D eigenvalue weighted by Gasteiger charge is 2.20. The predicted molar refractivity (Wildman–Crippen MR) is 109 cm³/mol. The summed E-state index contributed by atoms with van der Waals surface area (Å²) >= 11 is 1.62. The van der Waals surface area contributed by atoms with Gasteiger partial charge in [0.2, 0.25) is 0 Å². The SMILES string of the molecule is Cc1cc(C=NNC(=O)c2cc3c(s2)CC[C@H](C)C3)c(C)n1CC(C)C. The zero-order chi connectivity index (χ0) is 18.8. The molecule has 4 nitrogen and oxygen atoms in total. The average Bonchev–Trinajstić information content (AvgIpc) is 3.10. The monoisotopic (exact) mass is 371 g/mol. The highest BCUT2D eigenvalue weighted by Crippen LogP contribution is 2.32. The van der Waals surface area contributed by atoms with Gasteiger partial charge in [-0.25, -0.2) is 5.43 Å². The third-order valence-electron chi connectivity index (χ3n) is 5.08. The van der Waals surface area contributed by atoms with Crippen LogP contribution in [0.4, 0.5) is 0 Å². The molecule has 5 heteroatoms. The number of thiophene rings is 1. The van der Waals surface area contributed by atoms with E-state index in [1.165, 1.54) is 28.2 Å². The van der Waals surface area contributed by atoms with Crippen LogP contribution in [-0.2, 0) is 19.4 Å². The van der Waals surface area contributed by atoms with Crippen LogP contribution in [0.2, 0.25) is 0 Å². The Labute approximate surface area is 160 Å². The van der Waals surface area contributed by atoms with Crippen molar-refractivity contribution in [2.45, 2.75) is 60.4 Å². The van der Waals surface area contributed by atoms with Gasteiger partial charge in [-0.2, -0.15) is 5.10 Å². The third kappa shape index (κ3) is 4.09. The average molecular weight is 372 g/mol. The maximum Gasteiger partial charge on any atom is 0.281 e. The minimum atomic E-state index is -0.107. The first-order valence-electron chi connectivity index (χ1n) is 9.46. The van der Waals surface area contributed by atoms with Gasteiger partial charge in [0, 0.05) is 28.4 Å². The van der Waals surface area contributed by atoms with Crippen molar-refractivity contribution < 1.29 is 4.79 Å². The first kappa shape index (κ1) is 18.9. The van der Waals surface area contributed by atoms with Crippen LogP contribution in [0, 0.1) is 25.7 Å². The number of fused-ring (bicyclic) bond motifs is 1. The number of hydrazone groups is 1. The van der Waals surface area contributed by atoms with Crippen molar-refractivity contribution in [1.29, 1.82) is 0 Å². The minimum absolute atomic E-state index is 0.107. The maximum atomic E-state index is 12.4. The second kappa shape index (κ2) is 7.78. The molecule has 26 heavy (non-hydrogen) atoms. The van der Waals surface area contributed by atoms with E-state index in [1.807, 2.05) is 0 Å². The van der Waals surface area contributed by atoms with Gasteiger partial charge in [0.05, 0.1) is 11.1 Å². The molecule has 0 aromatic carbocycles. The van der Waals surface area contributed by atoms with Crippen LogP contribution in [0.25, 0.3) is 0 Å². The number of hydrogen-bond donors (Lipinski definition) is 1. The summed E-state index contributed by atoms with van der Waals surface area (Å²) in [7, 11) is 0. The van der Waals surface area contributed by atoms with Gasteiger partial charge in [-0.05, 0) is 62.6 Å². The van der Waals surface area contributed by atoms with E-state index >= 15 is 0 Å². The summed E-state index contributed by atoms with van der Waals surface area (Å²) in [5, 5.41) is 4.20. The Morgan fingerprint density at radius 2 is 2.19 bits per heavy atom. The summed E-state index contributed by atoms with van der Waals surface area (Å²) in [5.74, 6) is 1.20. The van der Waals surface area contributed by atoms with Gasteiger partial charge in [0.1, 0.15) is 0 Å². The van der Waals surface area contributed by atoms with Crippen molar-refractivity contribution in [3.63, 3.8) is 0 Å². The van der Waals surface area contributed by atoms with Crippen molar-refractivity contribution in [1.82, 2.24) is 9.99 Å². The number of aryl methyl sites for hydroxylation is 2. The molecule has 1 atom stereocenters. The second-order valence-electron chi connectivity index (χ2n) is 7.94. The van der Waals surface area contributed by atoms with E-state index in [9.17, 15) is 4.79 Å². The minimum Gasteiger partial charge on any atom is -0.348 e. The fourth-order valence-corrected chi connectivity index (χ4v) is 4.74. The van der Waals surface area contributed by atoms with E-state index in [1.54, 1.807) is 17.6 Å². The van der Waals surface area contributed by atoms with Crippen LogP contribution >= 0.6 is 11.3 Å². The Morgan fingerprint density at radius 3 is 2.92 bits per heavy atom. The van der Waals surface area contributed by atoms with E-state index in [0.717, 1.165) is 29.8 Å². The summed E-state index contributed by atoms with van der Waals surface area (Å²) in [6.45, 7) is 11.9. The number of nitrogens with zero attached hydrogens (tertiary/aromatic N) is 2. The highest BCUT2D eigenvalue weighted by molar-refractivity contribution is 7.14. The Morgan fingerprint density at radius 1 is 1.42 bits per heavy atom. The quantitative estimate of drug-likeness (QED) is 0.600. The Bertz CT molecular complexity index is 829. The van der Waals surface area contributed by atoms with Gasteiger partial charge in [-0.1, -0.05) is 20.8 Å². The van der Waals surface area contributed by atoms with Crippen LogP contribution in [0.5, 0.6) is 0 Å². The number of carbonyl (C=O) groups excluding carboxylic acids is 1. The lowest BCUT2D eigenvalue weighted by molar-refractivity contribution is 0.0959. The fourth-order valence-electron chi connectivity index (χ4n) is 3.64. The van der Waals surface area contributed by atoms with Crippen LogP contribution in [0.1, 0.15) is 64.3 Å². The summed E-state index contributed by atoms with van der Waals surface area (Å²) in [6.07, 6.45) is 5.16. The Hall–Kier alpha value is -1.88. The molecule has 0 radical (unpaired) electrons. The molecule has 2 aromatic heterocycles. The summed E-state index contributed by atoms with van der Waals surface area (Å²) in [5.41, 5.74) is 7.52. The van der Waals surface area contributed by atoms with E-state index in [4.69, 9.17) is 0 Å². The maximum absolute atomic E-state index is 12.4. The van der Waals surface area contributed by atoms with Gasteiger partial charge in [0.25, 0.3) is 5.91 Å². The van der Waals surface area contributed by atoms with Crippen LogP contribution in [0.3, 0.4) is 0 Å². The summed E-state index contributed by atoms with van der Waals surface area (Å²) in [4.78, 5) is 14.6. The lowest BCUT2D eigenvalue weighted by Crippen LogP contribution is -2.16. The number of carbonyl (C=O) groups is 1. The highest BCUT2D eigenvalue weighted by atomic mass is 32.1. The standard InChI is InChI=1S/C21H29N3OS/c1-13(2)12-24-15(4)9-18(16(24)5)11-22-23-21(25)20-10-17-8-14(3)6-7-19(17)26-20/h9-11,13-14H,6-8,12H2,1-5H3,(H,23,25)/t14-/m0/s1. The molecule has 0 unspecified atom stereocenters. The van der Waals surface area contributed by atoms with Gasteiger partial charge in [0.15, 0.2) is 0 Å². The number of aromatic nitrogens is 1. The molecule has 0 aliphatic heterocycles. The fraction of sp³-hybridized carbons (Fsp3) is 0.524. The molecule has 0 saturated heterocycles. The molecule has 1 aliphatic rings. The topological polar surface area (TPSA) is 46.4 Å². The van der Waals surface area contributed by atoms with E-state index < -0.39 is 0 Å². The lowest BCUT2D eigenvalue weighted by Gasteiger charge is -2.16. The zero-order valence-electron chi connectivity index (χ0n) is 16.4. The summed E-state index contributed by atoms with van der Waals surface area (Å²) < 4.78 is 2.31.